The van der Waals surface area contributed by atoms with Gasteiger partial charge in [0.25, 0.3) is 5.91 Å². The smallest absolute Gasteiger partial charge is 0.271 e. The Bertz CT molecular complexity index is 877. The molecule has 1 aliphatic heterocycles. The zero-order chi connectivity index (χ0) is 17.9. The second-order valence-electron chi connectivity index (χ2n) is 6.13. The van der Waals surface area contributed by atoms with E-state index in [1.807, 2.05) is 28.8 Å². The maximum Gasteiger partial charge on any atom is 0.271 e. The molecule has 0 radical (unpaired) electrons. The van der Waals surface area contributed by atoms with Gasteiger partial charge in [0.2, 0.25) is 0 Å². The molecule has 134 valence electrons. The summed E-state index contributed by atoms with van der Waals surface area (Å²) in [7, 11) is 0. The molecular weight excluding hydrogens is 353 g/mol. The van der Waals surface area contributed by atoms with Gasteiger partial charge in [0, 0.05) is 24.4 Å². The van der Waals surface area contributed by atoms with Gasteiger partial charge in [0.05, 0.1) is 17.2 Å². The average molecular weight is 371 g/mol. The number of benzene rings is 1. The minimum absolute atomic E-state index is 0.0634. The minimum Gasteiger partial charge on any atom is -0.468 e. The van der Waals surface area contributed by atoms with Crippen molar-refractivity contribution in [2.24, 2.45) is 0 Å². The van der Waals surface area contributed by atoms with Gasteiger partial charge in [0.15, 0.2) is 0 Å². The molecule has 0 saturated carbocycles. The second-order valence-corrected chi connectivity index (χ2v) is 7.44. The van der Waals surface area contributed by atoms with Gasteiger partial charge in [-0.2, -0.15) is 5.10 Å². The molecule has 1 saturated heterocycles. The molecule has 1 aromatic carbocycles. The maximum absolute atomic E-state index is 13.1. The van der Waals surface area contributed by atoms with Crippen LogP contribution in [0.5, 0.6) is 0 Å². The van der Waals surface area contributed by atoms with Gasteiger partial charge in [0.1, 0.15) is 17.3 Å². The number of halogens is 1. The summed E-state index contributed by atoms with van der Waals surface area (Å²) < 4.78 is 18.6. The first-order valence-corrected chi connectivity index (χ1v) is 9.51. The summed E-state index contributed by atoms with van der Waals surface area (Å²) in [6.07, 6.45) is 2.54. The summed E-state index contributed by atoms with van der Waals surface area (Å²) in [5, 5.41) is 7.29. The summed E-state index contributed by atoms with van der Waals surface area (Å²) >= 11 is 1.81. The lowest BCUT2D eigenvalue weighted by atomic mass is 10.1. The lowest BCUT2D eigenvalue weighted by Crippen LogP contribution is -2.33. The van der Waals surface area contributed by atoms with Gasteiger partial charge in [-0.3, -0.25) is 9.89 Å². The van der Waals surface area contributed by atoms with Crippen molar-refractivity contribution in [2.45, 2.75) is 11.7 Å². The minimum atomic E-state index is -0.297. The first-order chi connectivity index (χ1) is 12.7. The van der Waals surface area contributed by atoms with Gasteiger partial charge in [-0.1, -0.05) is 0 Å². The molecule has 0 bridgehead atoms. The van der Waals surface area contributed by atoms with Crippen LogP contribution in [0.15, 0.2) is 53.1 Å². The van der Waals surface area contributed by atoms with Gasteiger partial charge >= 0.3 is 0 Å². The number of thioether (sulfide) groups is 1. The van der Waals surface area contributed by atoms with Crippen LogP contribution in [-0.4, -0.2) is 39.8 Å². The maximum atomic E-state index is 13.1. The topological polar surface area (TPSA) is 62.1 Å². The quantitative estimate of drug-likeness (QED) is 0.752. The molecule has 5 nitrogen and oxygen atoms in total. The van der Waals surface area contributed by atoms with Crippen molar-refractivity contribution in [1.29, 1.82) is 0 Å². The fourth-order valence-corrected chi connectivity index (χ4v) is 4.23. The number of carbonyl (C=O) groups excluding carboxylic acids is 1. The van der Waals surface area contributed by atoms with E-state index >= 15 is 0 Å². The lowest BCUT2D eigenvalue weighted by Gasteiger charge is -2.19. The Morgan fingerprint density at radius 2 is 2.12 bits per heavy atom. The highest BCUT2D eigenvalue weighted by Gasteiger charge is 2.25. The summed E-state index contributed by atoms with van der Waals surface area (Å²) in [6, 6.07) is 11.7. The Morgan fingerprint density at radius 1 is 1.27 bits per heavy atom. The molecule has 1 amide bonds. The summed E-state index contributed by atoms with van der Waals surface area (Å²) in [5.41, 5.74) is 1.85. The van der Waals surface area contributed by atoms with E-state index in [0.29, 0.717) is 24.5 Å². The SMILES string of the molecule is O=C(c1cc(-c2ccc(F)cc2)n[nH]1)N1CCSC(c2ccco2)CC1. The van der Waals surface area contributed by atoms with Crippen LogP contribution < -0.4 is 0 Å². The fraction of sp³-hybridized carbons (Fsp3) is 0.263. The number of furan rings is 1. The summed E-state index contributed by atoms with van der Waals surface area (Å²) in [6.45, 7) is 1.35. The first-order valence-electron chi connectivity index (χ1n) is 8.46. The van der Waals surface area contributed by atoms with E-state index in [0.717, 1.165) is 23.5 Å². The molecule has 1 atom stereocenters. The molecule has 1 fully saturated rings. The van der Waals surface area contributed by atoms with Crippen LogP contribution in [0.1, 0.15) is 27.9 Å². The van der Waals surface area contributed by atoms with E-state index in [4.69, 9.17) is 4.42 Å². The first kappa shape index (κ1) is 16.9. The van der Waals surface area contributed by atoms with Crippen LogP contribution in [0, 0.1) is 5.82 Å². The zero-order valence-corrected chi connectivity index (χ0v) is 14.8. The van der Waals surface area contributed by atoms with Crippen LogP contribution in [0.4, 0.5) is 4.39 Å². The van der Waals surface area contributed by atoms with Gasteiger partial charge in [-0.05, 0) is 48.9 Å². The fourth-order valence-electron chi connectivity index (χ4n) is 3.05. The molecule has 3 heterocycles. The van der Waals surface area contributed by atoms with E-state index in [1.165, 1.54) is 12.1 Å². The molecule has 0 spiro atoms. The summed E-state index contributed by atoms with van der Waals surface area (Å²) in [4.78, 5) is 14.7. The molecular formula is C19H18FN3O2S. The Morgan fingerprint density at radius 3 is 2.88 bits per heavy atom. The molecule has 1 N–H and O–H groups in total. The number of hydrogen-bond donors (Lipinski definition) is 1. The normalized spacial score (nSPS) is 17.9. The third-order valence-electron chi connectivity index (χ3n) is 4.44. The second kappa shape index (κ2) is 7.37. The lowest BCUT2D eigenvalue weighted by molar-refractivity contribution is 0.0760. The Hall–Kier alpha value is -2.54. The van der Waals surface area contributed by atoms with Crippen molar-refractivity contribution < 1.29 is 13.6 Å². The van der Waals surface area contributed by atoms with Crippen molar-refractivity contribution in [1.82, 2.24) is 15.1 Å². The van der Waals surface area contributed by atoms with Crippen LogP contribution in [-0.2, 0) is 0 Å². The number of amides is 1. The Balaban J connectivity index is 1.45. The molecule has 1 unspecified atom stereocenters. The molecule has 7 heteroatoms. The summed E-state index contributed by atoms with van der Waals surface area (Å²) in [5.74, 6) is 1.46. The van der Waals surface area contributed by atoms with E-state index in [9.17, 15) is 9.18 Å². The van der Waals surface area contributed by atoms with E-state index < -0.39 is 0 Å². The zero-order valence-electron chi connectivity index (χ0n) is 14.0. The predicted octanol–water partition coefficient (Wildman–Crippen LogP) is 4.13. The molecule has 4 rings (SSSR count). The highest BCUT2D eigenvalue weighted by Crippen LogP contribution is 2.34. The van der Waals surface area contributed by atoms with Crippen LogP contribution in [0.25, 0.3) is 11.3 Å². The molecule has 1 aliphatic rings. The molecule has 2 aromatic heterocycles. The van der Waals surface area contributed by atoms with E-state index in [1.54, 1.807) is 24.5 Å². The number of hydrogen-bond acceptors (Lipinski definition) is 4. The van der Waals surface area contributed by atoms with Crippen molar-refractivity contribution in [3.8, 4) is 11.3 Å². The predicted molar refractivity (Wildman–Crippen MR) is 98.4 cm³/mol. The monoisotopic (exact) mass is 371 g/mol. The Kier molecular flexibility index (Phi) is 4.79. The van der Waals surface area contributed by atoms with Crippen molar-refractivity contribution in [2.75, 3.05) is 18.8 Å². The number of nitrogens with zero attached hydrogens (tertiary/aromatic N) is 2. The third-order valence-corrected chi connectivity index (χ3v) is 5.73. The number of rotatable bonds is 3. The standard InChI is InChI=1S/C19H18FN3O2S/c20-14-5-3-13(4-6-14)15-12-16(22-21-15)19(24)23-8-7-18(26-11-9-23)17-2-1-10-25-17/h1-6,10,12,18H,7-9,11H2,(H,21,22). The number of nitrogens with one attached hydrogen (secondary N) is 1. The molecule has 3 aromatic rings. The third kappa shape index (κ3) is 3.53. The van der Waals surface area contributed by atoms with Crippen molar-refractivity contribution in [3.05, 3.63) is 66.0 Å². The van der Waals surface area contributed by atoms with Crippen LogP contribution in [0.3, 0.4) is 0 Å². The molecule has 26 heavy (non-hydrogen) atoms. The largest absolute Gasteiger partial charge is 0.468 e. The number of aromatic amines is 1. The highest BCUT2D eigenvalue weighted by molar-refractivity contribution is 7.99. The van der Waals surface area contributed by atoms with E-state index in [2.05, 4.69) is 10.2 Å². The number of carbonyl (C=O) groups is 1. The van der Waals surface area contributed by atoms with Crippen molar-refractivity contribution in [3.63, 3.8) is 0 Å². The van der Waals surface area contributed by atoms with E-state index in [-0.39, 0.29) is 17.0 Å². The van der Waals surface area contributed by atoms with Crippen LogP contribution in [0.2, 0.25) is 0 Å². The van der Waals surface area contributed by atoms with Crippen LogP contribution >= 0.6 is 11.8 Å². The number of H-pyrrole nitrogens is 1. The van der Waals surface area contributed by atoms with Gasteiger partial charge in [-0.25, -0.2) is 4.39 Å². The average Bonchev–Trinajstić information content (AvgIpc) is 3.30. The van der Waals surface area contributed by atoms with Gasteiger partial charge < -0.3 is 9.32 Å². The Labute approximate surface area is 154 Å². The molecule has 0 aliphatic carbocycles. The highest BCUT2D eigenvalue weighted by atomic mass is 32.2. The van der Waals surface area contributed by atoms with Crippen molar-refractivity contribution >= 4 is 17.7 Å². The number of aromatic nitrogens is 2. The van der Waals surface area contributed by atoms with Gasteiger partial charge in [-0.15, -0.1) is 11.8 Å².